The molecule has 0 aliphatic carbocycles. The van der Waals surface area contributed by atoms with E-state index in [-0.39, 0.29) is 16.4 Å². The molecule has 0 bridgehead atoms. The molecule has 0 amide bonds. The molecule has 0 spiro atoms. The van der Waals surface area contributed by atoms with Gasteiger partial charge in [-0.3, -0.25) is 4.18 Å². The van der Waals surface area contributed by atoms with E-state index < -0.39 is 10.1 Å². The molecule has 6 heteroatoms. The molecule has 0 fully saturated rings. The highest BCUT2D eigenvalue weighted by molar-refractivity contribution is 7.87. The molecule has 0 aliphatic rings. The van der Waals surface area contributed by atoms with Crippen LogP contribution in [-0.4, -0.2) is 29.7 Å². The molecular formula is C29H24O5S. The van der Waals surface area contributed by atoms with Gasteiger partial charge in [-0.2, -0.15) is 8.42 Å². The Labute approximate surface area is 204 Å². The van der Waals surface area contributed by atoms with Crippen LogP contribution in [0.1, 0.15) is 0 Å². The SMILES string of the molecule is COc1ccc(-c2c3ccccc3c(-c3ccccc3)c3ccccc23)c(OC)c1S(=O)(=O)OC. The first kappa shape index (κ1) is 22.9. The standard InChI is InChI=1S/C29H24O5S/c1-32-25-18-17-24(28(33-2)29(25)35(30,31)34-3)27-22-15-9-7-13-20(22)26(19-11-5-4-6-12-19)21-14-8-10-16-23(21)27/h4-18H,1-3H3. The molecule has 0 radical (unpaired) electrons. The zero-order valence-corrected chi connectivity index (χ0v) is 20.4. The molecule has 0 saturated heterocycles. The molecule has 0 N–H and O–H groups in total. The predicted molar refractivity (Wildman–Crippen MR) is 140 cm³/mol. The van der Waals surface area contributed by atoms with E-state index in [1.54, 1.807) is 6.07 Å². The minimum Gasteiger partial charge on any atom is -0.495 e. The largest absolute Gasteiger partial charge is 0.495 e. The van der Waals surface area contributed by atoms with Gasteiger partial charge in [0, 0.05) is 11.1 Å². The summed E-state index contributed by atoms with van der Waals surface area (Å²) in [5, 5.41) is 4.08. The van der Waals surface area contributed by atoms with Crippen LogP contribution in [0.3, 0.4) is 0 Å². The van der Waals surface area contributed by atoms with E-state index >= 15 is 0 Å². The molecule has 5 nitrogen and oxygen atoms in total. The second-order valence-electron chi connectivity index (χ2n) is 8.01. The molecule has 0 unspecified atom stereocenters. The third-order valence-corrected chi connectivity index (χ3v) is 7.56. The van der Waals surface area contributed by atoms with Gasteiger partial charge in [-0.1, -0.05) is 78.9 Å². The zero-order chi connectivity index (χ0) is 24.6. The molecule has 0 aromatic heterocycles. The number of benzene rings is 5. The predicted octanol–water partition coefficient (Wildman–Crippen LogP) is 6.68. The molecular weight excluding hydrogens is 460 g/mol. The average Bonchev–Trinajstić information content (AvgIpc) is 2.91. The van der Waals surface area contributed by atoms with Gasteiger partial charge in [0.1, 0.15) is 5.75 Å². The van der Waals surface area contributed by atoms with Gasteiger partial charge < -0.3 is 9.47 Å². The van der Waals surface area contributed by atoms with Gasteiger partial charge in [0.05, 0.1) is 21.3 Å². The van der Waals surface area contributed by atoms with Crippen molar-refractivity contribution in [3.8, 4) is 33.8 Å². The minimum absolute atomic E-state index is 0.136. The Morgan fingerprint density at radius 2 is 1.09 bits per heavy atom. The molecule has 5 aromatic rings. The maximum Gasteiger partial charge on any atom is 0.304 e. The number of ether oxygens (including phenoxy) is 2. The van der Waals surface area contributed by atoms with Crippen LogP contribution in [0.5, 0.6) is 11.5 Å². The van der Waals surface area contributed by atoms with Crippen LogP contribution < -0.4 is 9.47 Å². The lowest BCUT2D eigenvalue weighted by Gasteiger charge is -2.21. The van der Waals surface area contributed by atoms with Gasteiger partial charge in [-0.15, -0.1) is 0 Å². The monoisotopic (exact) mass is 484 g/mol. The quantitative estimate of drug-likeness (QED) is 0.199. The van der Waals surface area contributed by atoms with Crippen molar-refractivity contribution in [2.75, 3.05) is 21.3 Å². The maximum absolute atomic E-state index is 12.9. The van der Waals surface area contributed by atoms with Crippen molar-refractivity contribution in [2.24, 2.45) is 0 Å². The Morgan fingerprint density at radius 3 is 1.57 bits per heavy atom. The summed E-state index contributed by atoms with van der Waals surface area (Å²) in [6, 6.07) is 30.0. The van der Waals surface area contributed by atoms with Gasteiger partial charge in [0.2, 0.25) is 0 Å². The minimum atomic E-state index is -4.12. The van der Waals surface area contributed by atoms with Crippen LogP contribution in [-0.2, 0) is 14.3 Å². The lowest BCUT2D eigenvalue weighted by molar-refractivity contribution is 0.356. The van der Waals surface area contributed by atoms with Gasteiger partial charge >= 0.3 is 10.1 Å². The van der Waals surface area contributed by atoms with Crippen LogP contribution in [0.4, 0.5) is 0 Å². The van der Waals surface area contributed by atoms with Gasteiger partial charge in [0.25, 0.3) is 0 Å². The van der Waals surface area contributed by atoms with Crippen molar-refractivity contribution >= 4 is 31.7 Å². The van der Waals surface area contributed by atoms with Crippen LogP contribution in [0, 0.1) is 0 Å². The number of hydrogen-bond donors (Lipinski definition) is 0. The topological polar surface area (TPSA) is 61.8 Å². The summed E-state index contributed by atoms with van der Waals surface area (Å²) >= 11 is 0. The van der Waals surface area contributed by atoms with Gasteiger partial charge in [-0.05, 0) is 44.8 Å². The van der Waals surface area contributed by atoms with Gasteiger partial charge in [-0.25, -0.2) is 0 Å². The van der Waals surface area contributed by atoms with Crippen LogP contribution >= 0.6 is 0 Å². The second kappa shape index (κ2) is 9.06. The summed E-state index contributed by atoms with van der Waals surface area (Å²) in [6.07, 6.45) is 0. The van der Waals surface area contributed by atoms with Crippen molar-refractivity contribution in [3.05, 3.63) is 91.0 Å². The lowest BCUT2D eigenvalue weighted by atomic mass is 9.86. The average molecular weight is 485 g/mol. The van der Waals surface area contributed by atoms with E-state index in [2.05, 4.69) is 36.4 Å². The van der Waals surface area contributed by atoms with E-state index in [1.807, 2.05) is 48.5 Å². The number of methoxy groups -OCH3 is 2. The van der Waals surface area contributed by atoms with E-state index in [1.165, 1.54) is 14.2 Å². The lowest BCUT2D eigenvalue weighted by Crippen LogP contribution is -2.08. The van der Waals surface area contributed by atoms with Crippen molar-refractivity contribution in [2.45, 2.75) is 4.90 Å². The number of rotatable bonds is 6. The van der Waals surface area contributed by atoms with E-state index in [0.29, 0.717) is 5.56 Å². The fourth-order valence-corrected chi connectivity index (χ4v) is 5.74. The third-order valence-electron chi connectivity index (χ3n) is 6.23. The second-order valence-corrected chi connectivity index (χ2v) is 9.66. The summed E-state index contributed by atoms with van der Waals surface area (Å²) in [4.78, 5) is -0.136. The smallest absolute Gasteiger partial charge is 0.304 e. The Bertz CT molecular complexity index is 1600. The van der Waals surface area contributed by atoms with Crippen LogP contribution in [0.2, 0.25) is 0 Å². The van der Waals surface area contributed by atoms with Crippen molar-refractivity contribution in [3.63, 3.8) is 0 Å². The first-order valence-electron chi connectivity index (χ1n) is 11.1. The molecule has 0 atom stereocenters. The third kappa shape index (κ3) is 3.71. The van der Waals surface area contributed by atoms with Gasteiger partial charge in [0.15, 0.2) is 10.6 Å². The highest BCUT2D eigenvalue weighted by atomic mass is 32.2. The summed E-state index contributed by atoms with van der Waals surface area (Å²) in [7, 11) is -0.123. The van der Waals surface area contributed by atoms with E-state index in [9.17, 15) is 8.42 Å². The van der Waals surface area contributed by atoms with Crippen LogP contribution in [0.15, 0.2) is 95.9 Å². The normalized spacial score (nSPS) is 11.6. The molecule has 0 saturated carbocycles. The fraction of sp³-hybridized carbons (Fsp3) is 0.103. The van der Waals surface area contributed by atoms with E-state index in [4.69, 9.17) is 13.7 Å². The fourth-order valence-electron chi connectivity index (χ4n) is 4.76. The maximum atomic E-state index is 12.9. The first-order valence-corrected chi connectivity index (χ1v) is 12.5. The Hall–Kier alpha value is -3.87. The first-order chi connectivity index (χ1) is 17.0. The summed E-state index contributed by atoms with van der Waals surface area (Å²) in [5.41, 5.74) is 3.74. The number of hydrogen-bond acceptors (Lipinski definition) is 5. The highest BCUT2D eigenvalue weighted by Crippen LogP contribution is 2.49. The zero-order valence-electron chi connectivity index (χ0n) is 19.6. The summed E-state index contributed by atoms with van der Waals surface area (Å²) < 4.78 is 41.8. The Morgan fingerprint density at radius 1 is 0.571 bits per heavy atom. The Kier molecular flexibility index (Phi) is 5.93. The van der Waals surface area contributed by atoms with Crippen molar-refractivity contribution in [1.82, 2.24) is 0 Å². The summed E-state index contributed by atoms with van der Waals surface area (Å²) in [6.45, 7) is 0. The molecule has 5 rings (SSSR count). The van der Waals surface area contributed by atoms with E-state index in [0.717, 1.165) is 45.3 Å². The van der Waals surface area contributed by atoms with Crippen molar-refractivity contribution < 1.29 is 22.1 Å². The molecule has 0 heterocycles. The molecule has 35 heavy (non-hydrogen) atoms. The molecule has 176 valence electrons. The molecule has 0 aliphatic heterocycles. The highest BCUT2D eigenvalue weighted by Gasteiger charge is 2.29. The summed E-state index contributed by atoms with van der Waals surface area (Å²) in [5.74, 6) is 0.330. The van der Waals surface area contributed by atoms with Crippen LogP contribution in [0.25, 0.3) is 43.8 Å². The molecule has 5 aromatic carbocycles. The Balaban J connectivity index is 1.99. The van der Waals surface area contributed by atoms with Crippen molar-refractivity contribution in [1.29, 1.82) is 0 Å². The number of fused-ring (bicyclic) bond motifs is 2.